The van der Waals surface area contributed by atoms with Gasteiger partial charge in [-0.05, 0) is 31.2 Å². The van der Waals surface area contributed by atoms with Crippen molar-refractivity contribution in [1.82, 2.24) is 19.9 Å². The molecule has 28 heavy (non-hydrogen) atoms. The molecule has 0 bridgehead atoms. The van der Waals surface area contributed by atoms with Crippen molar-refractivity contribution >= 4 is 39.2 Å². The summed E-state index contributed by atoms with van der Waals surface area (Å²) in [7, 11) is -0.0536. The monoisotopic (exact) mass is 445 g/mol. The average Bonchev–Trinajstić information content (AvgIpc) is 2.91. The van der Waals surface area contributed by atoms with Crippen molar-refractivity contribution in [1.29, 1.82) is 0 Å². The van der Waals surface area contributed by atoms with E-state index in [1.54, 1.807) is 6.07 Å². The zero-order valence-corrected chi connectivity index (χ0v) is 18.4. The van der Waals surface area contributed by atoms with Gasteiger partial charge in [0.25, 0.3) is 0 Å². The van der Waals surface area contributed by atoms with Crippen molar-refractivity contribution < 1.29 is 8.42 Å². The highest BCUT2D eigenvalue weighted by molar-refractivity contribution is 7.88. The Morgan fingerprint density at radius 1 is 1.18 bits per heavy atom. The number of nitrogens with zero attached hydrogens (tertiary/aromatic N) is 2. The molecular formula is C18H25Cl2N5O2S. The van der Waals surface area contributed by atoms with E-state index in [1.807, 2.05) is 42.8 Å². The quantitative estimate of drug-likeness (QED) is 0.430. The van der Waals surface area contributed by atoms with Crippen LogP contribution in [0.2, 0.25) is 10.2 Å². The molecule has 0 saturated carbocycles. The Morgan fingerprint density at radius 2 is 1.89 bits per heavy atom. The van der Waals surface area contributed by atoms with E-state index in [2.05, 4.69) is 20.3 Å². The van der Waals surface area contributed by atoms with Crippen LogP contribution in [0.5, 0.6) is 0 Å². The molecule has 0 aliphatic carbocycles. The van der Waals surface area contributed by atoms with E-state index in [9.17, 15) is 8.42 Å². The van der Waals surface area contributed by atoms with E-state index >= 15 is 0 Å². The van der Waals surface area contributed by atoms with Crippen molar-refractivity contribution in [3.63, 3.8) is 0 Å². The van der Waals surface area contributed by atoms with Gasteiger partial charge < -0.3 is 15.2 Å². The van der Waals surface area contributed by atoms with Gasteiger partial charge in [-0.3, -0.25) is 0 Å². The van der Waals surface area contributed by atoms with Crippen molar-refractivity contribution in [3.05, 3.63) is 57.3 Å². The highest BCUT2D eigenvalue weighted by Gasteiger charge is 2.10. The van der Waals surface area contributed by atoms with Crippen molar-refractivity contribution in [3.8, 4) is 0 Å². The molecule has 0 fully saturated rings. The van der Waals surface area contributed by atoms with Crippen LogP contribution >= 0.6 is 23.2 Å². The lowest BCUT2D eigenvalue weighted by Crippen LogP contribution is -2.37. The van der Waals surface area contributed by atoms with Crippen molar-refractivity contribution in [2.45, 2.75) is 25.8 Å². The summed E-state index contributed by atoms with van der Waals surface area (Å²) >= 11 is 12.1. The summed E-state index contributed by atoms with van der Waals surface area (Å²) in [5.41, 5.74) is 2.57. The van der Waals surface area contributed by atoms with E-state index in [1.165, 1.54) is 7.05 Å². The third-order valence-corrected chi connectivity index (χ3v) is 6.25. The molecule has 1 heterocycles. The first-order valence-corrected chi connectivity index (χ1v) is 11.2. The molecule has 2 rings (SSSR count). The Balaban J connectivity index is 2.06. The second-order valence-electron chi connectivity index (χ2n) is 6.17. The average molecular weight is 446 g/mol. The Morgan fingerprint density at radius 3 is 2.50 bits per heavy atom. The van der Waals surface area contributed by atoms with Crippen LogP contribution in [0.15, 0.2) is 35.3 Å². The molecule has 0 saturated heterocycles. The molecule has 154 valence electrons. The molecule has 10 heteroatoms. The minimum absolute atomic E-state index is 0.0611. The highest BCUT2D eigenvalue weighted by Crippen LogP contribution is 2.24. The van der Waals surface area contributed by atoms with E-state index in [0.717, 1.165) is 11.3 Å². The predicted molar refractivity (Wildman–Crippen MR) is 115 cm³/mol. The molecule has 0 unspecified atom stereocenters. The minimum Gasteiger partial charge on any atom is -0.357 e. The Kier molecular flexibility index (Phi) is 8.18. The van der Waals surface area contributed by atoms with Crippen LogP contribution in [-0.4, -0.2) is 32.5 Å². The van der Waals surface area contributed by atoms with Gasteiger partial charge in [0.1, 0.15) is 5.15 Å². The largest absolute Gasteiger partial charge is 0.357 e. The van der Waals surface area contributed by atoms with Crippen LogP contribution in [0.1, 0.15) is 23.7 Å². The third kappa shape index (κ3) is 6.41. The second-order valence-corrected chi connectivity index (χ2v) is 8.86. The molecule has 0 atom stereocenters. The number of hydrogen-bond acceptors (Lipinski definition) is 3. The van der Waals surface area contributed by atoms with Crippen LogP contribution < -0.4 is 15.4 Å². The second kappa shape index (κ2) is 10.2. The topological polar surface area (TPSA) is 87.5 Å². The fourth-order valence-electron chi connectivity index (χ4n) is 2.55. The maximum Gasteiger partial charge on any atom is 0.215 e. The number of aliphatic imine (C=N–C) groups is 1. The number of aromatic nitrogens is 1. The van der Waals surface area contributed by atoms with Gasteiger partial charge in [0, 0.05) is 19.3 Å². The van der Waals surface area contributed by atoms with Gasteiger partial charge in [-0.1, -0.05) is 47.5 Å². The van der Waals surface area contributed by atoms with E-state index in [0.29, 0.717) is 41.3 Å². The van der Waals surface area contributed by atoms with Gasteiger partial charge in [0.2, 0.25) is 10.0 Å². The summed E-state index contributed by atoms with van der Waals surface area (Å²) in [5, 5.41) is 7.43. The Labute approximate surface area is 176 Å². The van der Waals surface area contributed by atoms with Crippen LogP contribution in [0, 0.1) is 0 Å². The van der Waals surface area contributed by atoms with E-state index in [-0.39, 0.29) is 5.75 Å². The minimum atomic E-state index is -3.31. The molecule has 0 radical (unpaired) electrons. The molecule has 7 nitrogen and oxygen atoms in total. The van der Waals surface area contributed by atoms with Crippen LogP contribution in [-0.2, 0) is 35.9 Å². The first-order valence-electron chi connectivity index (χ1n) is 8.76. The van der Waals surface area contributed by atoms with Crippen molar-refractivity contribution in [2.24, 2.45) is 12.0 Å². The summed E-state index contributed by atoms with van der Waals surface area (Å²) in [6.07, 6.45) is 0. The normalized spacial score (nSPS) is 12.2. The molecular weight excluding hydrogens is 421 g/mol. The number of halogens is 2. The SMILES string of the molecule is CCNC(=NCc1cccc(CS(=O)(=O)NC)c1)NCc1cc(Cl)c(Cl)n1C. The predicted octanol–water partition coefficient (Wildman–Crippen LogP) is 2.64. The van der Waals surface area contributed by atoms with Gasteiger partial charge in [-0.25, -0.2) is 18.1 Å². The van der Waals surface area contributed by atoms with Gasteiger partial charge >= 0.3 is 0 Å². The molecule has 1 aromatic heterocycles. The summed E-state index contributed by atoms with van der Waals surface area (Å²) in [6.45, 7) is 3.62. The van der Waals surface area contributed by atoms with Gasteiger partial charge in [-0.15, -0.1) is 0 Å². The van der Waals surface area contributed by atoms with E-state index in [4.69, 9.17) is 23.2 Å². The first kappa shape index (κ1) is 22.5. The number of benzene rings is 1. The van der Waals surface area contributed by atoms with Crippen molar-refractivity contribution in [2.75, 3.05) is 13.6 Å². The molecule has 0 amide bonds. The molecule has 1 aromatic carbocycles. The summed E-state index contributed by atoms with van der Waals surface area (Å²) in [4.78, 5) is 4.57. The number of nitrogens with one attached hydrogen (secondary N) is 3. The van der Waals surface area contributed by atoms with Gasteiger partial charge in [0.15, 0.2) is 5.96 Å². The molecule has 0 spiro atoms. The maximum absolute atomic E-state index is 11.7. The lowest BCUT2D eigenvalue weighted by Gasteiger charge is -2.12. The lowest BCUT2D eigenvalue weighted by atomic mass is 10.1. The Bertz CT molecular complexity index is 941. The maximum atomic E-state index is 11.7. The standard InChI is InChI=1S/C18H25Cl2N5O2S/c1-4-22-18(24-11-15-9-16(19)17(20)25(15)3)23-10-13-6-5-7-14(8-13)12-28(26,27)21-2/h5-9,21H,4,10-12H2,1-3H3,(H2,22,23,24). The van der Waals surface area contributed by atoms with E-state index < -0.39 is 10.0 Å². The molecule has 3 N–H and O–H groups in total. The van der Waals surface area contributed by atoms with Gasteiger partial charge in [0.05, 0.1) is 23.9 Å². The van der Waals surface area contributed by atoms with Gasteiger partial charge in [-0.2, -0.15) is 0 Å². The summed E-state index contributed by atoms with van der Waals surface area (Å²) in [6, 6.07) is 9.19. The number of guanidine groups is 1. The highest BCUT2D eigenvalue weighted by atomic mass is 35.5. The summed E-state index contributed by atoms with van der Waals surface area (Å²) in [5.74, 6) is 0.582. The fraction of sp³-hybridized carbons (Fsp3) is 0.389. The fourth-order valence-corrected chi connectivity index (χ4v) is 3.73. The zero-order valence-electron chi connectivity index (χ0n) is 16.1. The number of sulfonamides is 1. The molecule has 0 aliphatic heterocycles. The number of rotatable bonds is 8. The first-order chi connectivity index (χ1) is 13.3. The lowest BCUT2D eigenvalue weighted by molar-refractivity contribution is 0.587. The molecule has 0 aliphatic rings. The smallest absolute Gasteiger partial charge is 0.215 e. The third-order valence-electron chi connectivity index (χ3n) is 4.08. The van der Waals surface area contributed by atoms with Crippen LogP contribution in [0.3, 0.4) is 0 Å². The van der Waals surface area contributed by atoms with Crippen LogP contribution in [0.25, 0.3) is 0 Å². The number of hydrogen-bond donors (Lipinski definition) is 3. The summed E-state index contributed by atoms with van der Waals surface area (Å²) < 4.78 is 27.6. The van der Waals surface area contributed by atoms with Crippen LogP contribution in [0.4, 0.5) is 0 Å². The zero-order chi connectivity index (χ0) is 20.7. The Hall–Kier alpha value is -1.74. The molecule has 2 aromatic rings.